The molecule has 138 valence electrons. The van der Waals surface area contributed by atoms with Gasteiger partial charge in [0.2, 0.25) is 0 Å². The second-order valence-electron chi connectivity index (χ2n) is 6.09. The molecule has 0 saturated heterocycles. The molecule has 4 aromatic rings. The highest BCUT2D eigenvalue weighted by molar-refractivity contribution is 7.14. The molecule has 6 heteroatoms. The molecule has 0 aliphatic rings. The molecule has 0 N–H and O–H groups in total. The minimum atomic E-state index is -0.156. The maximum atomic E-state index is 13.1. The number of amides is 1. The molecular formula is C22H18N4OS. The number of hydrogen-bond acceptors (Lipinski definition) is 4. The Bertz CT molecular complexity index is 1090. The van der Waals surface area contributed by atoms with E-state index in [1.165, 1.54) is 11.3 Å². The van der Waals surface area contributed by atoms with E-state index >= 15 is 0 Å². The summed E-state index contributed by atoms with van der Waals surface area (Å²) in [5.74, 6) is -0.156. The minimum absolute atomic E-state index is 0.156. The lowest BCUT2D eigenvalue weighted by molar-refractivity contribution is 0.0989. The molecule has 0 atom stereocenters. The second-order valence-corrected chi connectivity index (χ2v) is 6.93. The number of nitrogens with zero attached hydrogens (tertiary/aromatic N) is 4. The molecular weight excluding hydrogens is 368 g/mol. The predicted molar refractivity (Wildman–Crippen MR) is 113 cm³/mol. The van der Waals surface area contributed by atoms with E-state index in [0.717, 1.165) is 16.9 Å². The molecule has 28 heavy (non-hydrogen) atoms. The Morgan fingerprint density at radius 3 is 2.54 bits per heavy atom. The Hall–Kier alpha value is -3.51. The van der Waals surface area contributed by atoms with E-state index < -0.39 is 0 Å². The van der Waals surface area contributed by atoms with Crippen LogP contribution in [0.25, 0.3) is 16.9 Å². The first kappa shape index (κ1) is 17.9. The highest BCUT2D eigenvalue weighted by Crippen LogP contribution is 2.28. The van der Waals surface area contributed by atoms with Crippen molar-refractivity contribution in [2.45, 2.75) is 0 Å². The van der Waals surface area contributed by atoms with E-state index in [1.54, 1.807) is 28.1 Å². The molecule has 0 radical (unpaired) electrons. The number of anilines is 1. The van der Waals surface area contributed by atoms with Gasteiger partial charge < -0.3 is 0 Å². The van der Waals surface area contributed by atoms with Crippen molar-refractivity contribution in [3.63, 3.8) is 0 Å². The summed E-state index contributed by atoms with van der Waals surface area (Å²) in [6, 6.07) is 19.6. The van der Waals surface area contributed by atoms with Gasteiger partial charge >= 0.3 is 0 Å². The highest BCUT2D eigenvalue weighted by Gasteiger charge is 2.21. The lowest BCUT2D eigenvalue weighted by Gasteiger charge is -2.17. The molecule has 2 heterocycles. The van der Waals surface area contributed by atoms with Gasteiger partial charge in [0.15, 0.2) is 5.13 Å². The van der Waals surface area contributed by atoms with E-state index in [0.29, 0.717) is 17.2 Å². The second kappa shape index (κ2) is 8.02. The SMILES string of the molecule is C=CCN(C(=O)c1cnn(-c2ccccc2)c1)c1nc(-c2ccccc2)cs1. The van der Waals surface area contributed by atoms with Crippen LogP contribution in [0.4, 0.5) is 5.13 Å². The number of thiazole rings is 1. The van der Waals surface area contributed by atoms with Crippen molar-refractivity contribution in [2.24, 2.45) is 0 Å². The van der Waals surface area contributed by atoms with Crippen LogP contribution in [0.5, 0.6) is 0 Å². The van der Waals surface area contributed by atoms with Crippen molar-refractivity contribution < 1.29 is 4.79 Å². The lowest BCUT2D eigenvalue weighted by Crippen LogP contribution is -2.30. The summed E-state index contributed by atoms with van der Waals surface area (Å²) in [5, 5.41) is 6.92. The van der Waals surface area contributed by atoms with Crippen LogP contribution in [-0.4, -0.2) is 27.2 Å². The highest BCUT2D eigenvalue weighted by atomic mass is 32.1. The van der Waals surface area contributed by atoms with Crippen LogP contribution in [0.1, 0.15) is 10.4 Å². The van der Waals surface area contributed by atoms with Crippen molar-refractivity contribution in [3.8, 4) is 16.9 Å². The van der Waals surface area contributed by atoms with Crippen LogP contribution in [0.15, 0.2) is 91.1 Å². The number of aromatic nitrogens is 3. The molecule has 0 saturated carbocycles. The zero-order valence-corrected chi connectivity index (χ0v) is 15.9. The van der Waals surface area contributed by atoms with Crippen molar-refractivity contribution in [1.29, 1.82) is 0 Å². The van der Waals surface area contributed by atoms with Gasteiger partial charge in [-0.05, 0) is 12.1 Å². The maximum Gasteiger partial charge on any atom is 0.263 e. The maximum absolute atomic E-state index is 13.1. The van der Waals surface area contributed by atoms with Crippen molar-refractivity contribution in [1.82, 2.24) is 14.8 Å². The van der Waals surface area contributed by atoms with Crippen LogP contribution in [-0.2, 0) is 0 Å². The fourth-order valence-corrected chi connectivity index (χ4v) is 3.66. The summed E-state index contributed by atoms with van der Waals surface area (Å²) in [6.07, 6.45) is 5.01. The number of para-hydroxylation sites is 1. The van der Waals surface area contributed by atoms with Gasteiger partial charge in [-0.25, -0.2) is 9.67 Å². The van der Waals surface area contributed by atoms with Gasteiger partial charge in [0.1, 0.15) is 0 Å². The molecule has 2 aromatic heterocycles. The van der Waals surface area contributed by atoms with E-state index in [2.05, 4.69) is 16.7 Å². The van der Waals surface area contributed by atoms with Gasteiger partial charge in [0.05, 0.1) is 23.1 Å². The summed E-state index contributed by atoms with van der Waals surface area (Å²) in [5.41, 5.74) is 3.27. The lowest BCUT2D eigenvalue weighted by atomic mass is 10.2. The first-order chi connectivity index (χ1) is 13.8. The van der Waals surface area contributed by atoms with Gasteiger partial charge in [0.25, 0.3) is 5.91 Å². The first-order valence-corrected chi connectivity index (χ1v) is 9.68. The average molecular weight is 386 g/mol. The molecule has 0 bridgehead atoms. The van der Waals surface area contributed by atoms with Gasteiger partial charge in [-0.2, -0.15) is 5.10 Å². The average Bonchev–Trinajstić information content (AvgIpc) is 3.43. The number of rotatable bonds is 6. The predicted octanol–water partition coefficient (Wildman–Crippen LogP) is 4.83. The van der Waals surface area contributed by atoms with Crippen LogP contribution in [0, 0.1) is 0 Å². The summed E-state index contributed by atoms with van der Waals surface area (Å²) >= 11 is 1.44. The summed E-state index contributed by atoms with van der Waals surface area (Å²) < 4.78 is 1.69. The number of hydrogen-bond donors (Lipinski definition) is 0. The smallest absolute Gasteiger partial charge is 0.263 e. The van der Waals surface area contributed by atoms with Crippen LogP contribution < -0.4 is 4.90 Å². The van der Waals surface area contributed by atoms with Crippen LogP contribution in [0.2, 0.25) is 0 Å². The van der Waals surface area contributed by atoms with Crippen molar-refractivity contribution in [3.05, 3.63) is 96.7 Å². The quantitative estimate of drug-likeness (QED) is 0.446. The van der Waals surface area contributed by atoms with Gasteiger partial charge in [0, 0.05) is 23.7 Å². The Kier molecular flexibility index (Phi) is 5.12. The summed E-state index contributed by atoms with van der Waals surface area (Å²) in [6.45, 7) is 4.15. The third-order valence-electron chi connectivity index (χ3n) is 4.20. The third-order valence-corrected chi connectivity index (χ3v) is 5.06. The third kappa shape index (κ3) is 3.63. The van der Waals surface area contributed by atoms with E-state index in [4.69, 9.17) is 0 Å². The van der Waals surface area contributed by atoms with E-state index in [-0.39, 0.29) is 5.91 Å². The Labute approximate surface area is 167 Å². The largest absolute Gasteiger partial charge is 0.280 e. The normalized spacial score (nSPS) is 10.6. The molecule has 0 fully saturated rings. The van der Waals surface area contributed by atoms with Crippen LogP contribution in [0.3, 0.4) is 0 Å². The molecule has 5 nitrogen and oxygen atoms in total. The Balaban J connectivity index is 1.62. The Morgan fingerprint density at radius 2 is 1.82 bits per heavy atom. The van der Waals surface area contributed by atoms with Crippen molar-refractivity contribution in [2.75, 3.05) is 11.4 Å². The zero-order chi connectivity index (χ0) is 19.3. The molecule has 0 unspecified atom stereocenters. The molecule has 2 aromatic carbocycles. The molecule has 1 amide bonds. The van der Waals surface area contributed by atoms with E-state index in [1.807, 2.05) is 66.0 Å². The first-order valence-electron chi connectivity index (χ1n) is 8.80. The standard InChI is InChI=1S/C22H18N4OS/c1-2-13-25(22-24-20(16-28-22)17-9-5-3-6-10-17)21(27)18-14-23-26(15-18)19-11-7-4-8-12-19/h2-12,14-16H,1,13H2. The fourth-order valence-electron chi connectivity index (χ4n) is 2.82. The van der Waals surface area contributed by atoms with Gasteiger partial charge in [-0.3, -0.25) is 9.69 Å². The number of benzene rings is 2. The topological polar surface area (TPSA) is 51.0 Å². The number of carbonyl (C=O) groups is 1. The number of carbonyl (C=O) groups excluding carboxylic acids is 1. The van der Waals surface area contributed by atoms with E-state index in [9.17, 15) is 4.79 Å². The summed E-state index contributed by atoms with van der Waals surface area (Å²) in [7, 11) is 0. The molecule has 0 aliphatic heterocycles. The zero-order valence-electron chi connectivity index (χ0n) is 15.1. The summed E-state index contributed by atoms with van der Waals surface area (Å²) in [4.78, 5) is 19.4. The fraction of sp³-hybridized carbons (Fsp3) is 0.0455. The molecule has 4 rings (SSSR count). The van der Waals surface area contributed by atoms with Crippen LogP contribution >= 0.6 is 11.3 Å². The van der Waals surface area contributed by atoms with Gasteiger partial charge in [-0.1, -0.05) is 54.6 Å². The van der Waals surface area contributed by atoms with Crippen molar-refractivity contribution >= 4 is 22.4 Å². The minimum Gasteiger partial charge on any atom is -0.280 e. The molecule has 0 spiro atoms. The monoisotopic (exact) mass is 386 g/mol. The Morgan fingerprint density at radius 1 is 1.11 bits per heavy atom. The molecule has 0 aliphatic carbocycles. The van der Waals surface area contributed by atoms with Gasteiger partial charge in [-0.15, -0.1) is 17.9 Å².